The van der Waals surface area contributed by atoms with E-state index in [1.165, 1.54) is 0 Å². The highest BCUT2D eigenvalue weighted by Gasteiger charge is 2.08. The van der Waals surface area contributed by atoms with Gasteiger partial charge in [-0.2, -0.15) is 0 Å². The number of rotatable bonds is 4. The lowest BCUT2D eigenvalue weighted by atomic mass is 10.1. The van der Waals surface area contributed by atoms with E-state index in [0.717, 1.165) is 11.3 Å². The van der Waals surface area contributed by atoms with Crippen LogP contribution in [0.25, 0.3) is 10.9 Å². The number of amides is 1. The van der Waals surface area contributed by atoms with Crippen LogP contribution in [0.2, 0.25) is 0 Å². The van der Waals surface area contributed by atoms with Gasteiger partial charge in [-0.3, -0.25) is 14.6 Å². The summed E-state index contributed by atoms with van der Waals surface area (Å²) in [7, 11) is 3.94. The molecule has 7 heteroatoms. The first-order valence-electron chi connectivity index (χ1n) is 7.75. The van der Waals surface area contributed by atoms with E-state index in [-0.39, 0.29) is 16.2 Å². The van der Waals surface area contributed by atoms with E-state index >= 15 is 0 Å². The van der Waals surface area contributed by atoms with Crippen LogP contribution in [-0.4, -0.2) is 30.0 Å². The lowest BCUT2D eigenvalue weighted by molar-refractivity contribution is 0.0951. The third-order valence-corrected chi connectivity index (χ3v) is 4.09. The van der Waals surface area contributed by atoms with E-state index in [1.54, 1.807) is 18.2 Å². The molecule has 1 aromatic heterocycles. The highest BCUT2D eigenvalue weighted by atomic mass is 32.1. The molecule has 3 aromatic rings. The topological polar surface area (TPSA) is 81.0 Å². The van der Waals surface area contributed by atoms with Gasteiger partial charge in [0.15, 0.2) is 4.77 Å². The number of nitrogens with zero attached hydrogens (tertiary/aromatic N) is 1. The normalized spacial score (nSPS) is 10.6. The number of aromatic amines is 2. The van der Waals surface area contributed by atoms with E-state index in [2.05, 4.69) is 15.3 Å². The summed E-state index contributed by atoms with van der Waals surface area (Å²) in [6.45, 7) is 0.421. The average Bonchev–Trinajstić information content (AvgIpc) is 2.59. The van der Waals surface area contributed by atoms with Gasteiger partial charge in [0, 0.05) is 31.9 Å². The molecule has 0 aliphatic rings. The van der Waals surface area contributed by atoms with Crippen molar-refractivity contribution in [1.29, 1.82) is 0 Å². The minimum absolute atomic E-state index is 0.211. The van der Waals surface area contributed by atoms with E-state index in [1.807, 2.05) is 43.3 Å². The first-order valence-corrected chi connectivity index (χ1v) is 8.16. The number of H-pyrrole nitrogens is 2. The van der Waals surface area contributed by atoms with Crippen molar-refractivity contribution in [3.05, 3.63) is 68.7 Å². The standard InChI is InChI=1S/C18H18N4O2S/c1-22(2)13-5-3-4-11(8-13)10-19-16(23)12-6-7-14-15(9-12)20-18(25)21-17(14)24/h3-9H,10H2,1-2H3,(H,19,23)(H2,20,21,24,25). The molecule has 0 aliphatic carbocycles. The molecule has 0 saturated carbocycles. The van der Waals surface area contributed by atoms with Gasteiger partial charge >= 0.3 is 0 Å². The Morgan fingerprint density at radius 2 is 1.96 bits per heavy atom. The summed E-state index contributed by atoms with van der Waals surface area (Å²) in [5.41, 5.74) is 2.81. The fourth-order valence-electron chi connectivity index (χ4n) is 2.54. The highest BCUT2D eigenvalue weighted by Crippen LogP contribution is 2.14. The predicted octanol–water partition coefficient (Wildman–Crippen LogP) is 2.58. The smallest absolute Gasteiger partial charge is 0.259 e. The molecule has 0 bridgehead atoms. The summed E-state index contributed by atoms with van der Waals surface area (Å²) in [6, 6.07) is 12.8. The molecule has 3 N–H and O–H groups in total. The third kappa shape index (κ3) is 3.77. The molecule has 0 aliphatic heterocycles. The third-order valence-electron chi connectivity index (χ3n) is 3.88. The summed E-state index contributed by atoms with van der Waals surface area (Å²) in [5.74, 6) is -0.211. The van der Waals surface area contributed by atoms with Crippen molar-refractivity contribution < 1.29 is 4.79 Å². The molecular formula is C18H18N4O2S. The van der Waals surface area contributed by atoms with Crippen LogP contribution >= 0.6 is 12.2 Å². The predicted molar refractivity (Wildman–Crippen MR) is 102 cm³/mol. The number of nitrogens with one attached hydrogen (secondary N) is 3. The molecule has 3 rings (SSSR count). The highest BCUT2D eigenvalue weighted by molar-refractivity contribution is 7.71. The fourth-order valence-corrected chi connectivity index (χ4v) is 2.74. The Labute approximate surface area is 149 Å². The molecule has 1 heterocycles. The molecule has 128 valence electrons. The number of carbonyl (C=O) groups excluding carboxylic acids is 1. The Morgan fingerprint density at radius 3 is 2.72 bits per heavy atom. The number of hydrogen-bond donors (Lipinski definition) is 3. The Hall–Kier alpha value is -2.93. The van der Waals surface area contributed by atoms with Crippen LogP contribution in [0.3, 0.4) is 0 Å². The lowest BCUT2D eigenvalue weighted by Gasteiger charge is -2.14. The van der Waals surface area contributed by atoms with Crippen LogP contribution in [-0.2, 0) is 6.54 Å². The summed E-state index contributed by atoms with van der Waals surface area (Å²) in [5, 5.41) is 3.35. The molecule has 1 amide bonds. The Kier molecular flexibility index (Phi) is 4.67. The van der Waals surface area contributed by atoms with Crippen molar-refractivity contribution in [3.8, 4) is 0 Å². The van der Waals surface area contributed by atoms with Crippen LogP contribution in [0, 0.1) is 4.77 Å². The van der Waals surface area contributed by atoms with Crippen molar-refractivity contribution in [2.75, 3.05) is 19.0 Å². The van der Waals surface area contributed by atoms with Crippen LogP contribution < -0.4 is 15.8 Å². The van der Waals surface area contributed by atoms with Crippen LogP contribution in [0.15, 0.2) is 47.3 Å². The average molecular weight is 354 g/mol. The Balaban J connectivity index is 1.79. The number of fused-ring (bicyclic) bond motifs is 1. The van der Waals surface area contributed by atoms with Gasteiger partial charge < -0.3 is 15.2 Å². The maximum atomic E-state index is 12.4. The van der Waals surface area contributed by atoms with Gasteiger partial charge in [-0.25, -0.2) is 0 Å². The SMILES string of the molecule is CN(C)c1cccc(CNC(=O)c2ccc3c(=O)[nH]c(=S)[nH]c3c2)c1. The summed E-state index contributed by atoms with van der Waals surface area (Å²) in [6.07, 6.45) is 0. The van der Waals surface area contributed by atoms with Crippen molar-refractivity contribution in [2.24, 2.45) is 0 Å². The van der Waals surface area contributed by atoms with E-state index in [4.69, 9.17) is 12.2 Å². The lowest BCUT2D eigenvalue weighted by Crippen LogP contribution is -2.23. The largest absolute Gasteiger partial charge is 0.378 e. The van der Waals surface area contributed by atoms with Gasteiger partial charge in [0.25, 0.3) is 11.5 Å². The zero-order valence-electron chi connectivity index (χ0n) is 13.9. The van der Waals surface area contributed by atoms with Gasteiger partial charge in [0.2, 0.25) is 0 Å². The van der Waals surface area contributed by atoms with Crippen molar-refractivity contribution in [3.63, 3.8) is 0 Å². The van der Waals surface area contributed by atoms with E-state index < -0.39 is 0 Å². The number of anilines is 1. The van der Waals surface area contributed by atoms with E-state index in [0.29, 0.717) is 23.0 Å². The first-order chi connectivity index (χ1) is 11.9. The van der Waals surface area contributed by atoms with Gasteiger partial charge in [-0.05, 0) is 48.1 Å². The van der Waals surface area contributed by atoms with Gasteiger partial charge in [0.05, 0.1) is 10.9 Å². The minimum atomic E-state index is -0.272. The second-order valence-electron chi connectivity index (χ2n) is 5.92. The summed E-state index contributed by atoms with van der Waals surface area (Å²) in [4.78, 5) is 31.7. The first kappa shape index (κ1) is 16.9. The monoisotopic (exact) mass is 354 g/mol. The molecule has 6 nitrogen and oxygen atoms in total. The Bertz CT molecular complexity index is 1050. The molecule has 0 radical (unpaired) electrons. The van der Waals surface area contributed by atoms with Gasteiger partial charge in [-0.15, -0.1) is 0 Å². The Morgan fingerprint density at radius 1 is 1.16 bits per heavy atom. The summed E-state index contributed by atoms with van der Waals surface area (Å²) >= 11 is 4.97. The molecule has 0 atom stereocenters. The molecule has 0 unspecified atom stereocenters. The molecule has 0 saturated heterocycles. The molecule has 0 spiro atoms. The minimum Gasteiger partial charge on any atom is -0.378 e. The maximum absolute atomic E-state index is 12.4. The van der Waals surface area contributed by atoms with Crippen LogP contribution in [0.5, 0.6) is 0 Å². The number of aromatic nitrogens is 2. The molecule has 0 fully saturated rings. The zero-order chi connectivity index (χ0) is 18.0. The summed E-state index contributed by atoms with van der Waals surface area (Å²) < 4.78 is 0.232. The number of hydrogen-bond acceptors (Lipinski definition) is 4. The van der Waals surface area contributed by atoms with Crippen molar-refractivity contribution >= 4 is 34.7 Å². The van der Waals surface area contributed by atoms with E-state index in [9.17, 15) is 9.59 Å². The van der Waals surface area contributed by atoms with Crippen molar-refractivity contribution in [1.82, 2.24) is 15.3 Å². The fraction of sp³-hybridized carbons (Fsp3) is 0.167. The molecule has 25 heavy (non-hydrogen) atoms. The van der Waals surface area contributed by atoms with Crippen LogP contribution in [0.4, 0.5) is 5.69 Å². The zero-order valence-corrected chi connectivity index (χ0v) is 14.7. The van der Waals surface area contributed by atoms with Crippen molar-refractivity contribution in [2.45, 2.75) is 6.54 Å². The quantitative estimate of drug-likeness (QED) is 0.629. The van der Waals surface area contributed by atoms with Crippen LogP contribution in [0.1, 0.15) is 15.9 Å². The number of benzene rings is 2. The number of carbonyl (C=O) groups is 1. The second kappa shape index (κ2) is 6.90. The maximum Gasteiger partial charge on any atom is 0.259 e. The molecule has 2 aromatic carbocycles. The van der Waals surface area contributed by atoms with Gasteiger partial charge in [0.1, 0.15) is 0 Å². The van der Waals surface area contributed by atoms with Gasteiger partial charge in [-0.1, -0.05) is 12.1 Å². The second-order valence-corrected chi connectivity index (χ2v) is 6.32. The molecular weight excluding hydrogens is 336 g/mol.